The van der Waals surface area contributed by atoms with Crippen molar-refractivity contribution < 1.29 is 27.5 Å². The van der Waals surface area contributed by atoms with Crippen LogP contribution in [-0.2, 0) is 17.5 Å². The molecule has 1 saturated heterocycles. The number of halogens is 3. The Morgan fingerprint density at radius 3 is 2.20 bits per heavy atom. The van der Waals surface area contributed by atoms with Gasteiger partial charge in [-0.25, -0.2) is 4.79 Å². The summed E-state index contributed by atoms with van der Waals surface area (Å²) in [6.45, 7) is 4.94. The van der Waals surface area contributed by atoms with E-state index in [4.69, 9.17) is 4.74 Å². The van der Waals surface area contributed by atoms with Gasteiger partial charge in [0.1, 0.15) is 0 Å². The van der Waals surface area contributed by atoms with Crippen LogP contribution in [0, 0.1) is 0 Å². The molecule has 8 nitrogen and oxygen atoms in total. The van der Waals surface area contributed by atoms with Crippen molar-refractivity contribution >= 4 is 29.0 Å². The highest BCUT2D eigenvalue weighted by Crippen LogP contribution is 2.30. The van der Waals surface area contributed by atoms with E-state index >= 15 is 0 Å². The Labute approximate surface area is 237 Å². The first kappa shape index (κ1) is 29.9. The number of amides is 3. The van der Waals surface area contributed by atoms with Gasteiger partial charge in [0.2, 0.25) is 0 Å². The van der Waals surface area contributed by atoms with Crippen LogP contribution in [0.15, 0.2) is 72.8 Å². The number of alkyl halides is 3. The van der Waals surface area contributed by atoms with Crippen LogP contribution >= 0.6 is 0 Å². The first-order chi connectivity index (χ1) is 19.7. The van der Waals surface area contributed by atoms with E-state index in [0.717, 1.165) is 50.5 Å². The topological polar surface area (TPSA) is 85.9 Å². The third kappa shape index (κ3) is 8.70. The van der Waals surface area contributed by atoms with Gasteiger partial charge >= 0.3 is 12.2 Å². The van der Waals surface area contributed by atoms with E-state index in [1.807, 2.05) is 24.3 Å². The zero-order valence-corrected chi connectivity index (χ0v) is 22.8. The van der Waals surface area contributed by atoms with Crippen LogP contribution in [0.25, 0.3) is 0 Å². The maximum absolute atomic E-state index is 13.2. The number of anilines is 3. The number of rotatable bonds is 10. The number of piperazine rings is 1. The number of carbonyl (C=O) groups is 2. The fourth-order valence-electron chi connectivity index (χ4n) is 4.61. The Bertz CT molecular complexity index is 1290. The normalized spacial score (nSPS) is 14.0. The largest absolute Gasteiger partial charge is 0.416 e. The first-order valence-corrected chi connectivity index (χ1v) is 13.4. The zero-order valence-electron chi connectivity index (χ0n) is 22.8. The average molecular weight is 570 g/mol. The molecule has 0 aliphatic carbocycles. The summed E-state index contributed by atoms with van der Waals surface area (Å²) in [5, 5.41) is 8.11. The van der Waals surface area contributed by atoms with Crippen LogP contribution in [-0.4, -0.2) is 63.3 Å². The quantitative estimate of drug-likeness (QED) is 0.283. The van der Waals surface area contributed by atoms with E-state index < -0.39 is 17.8 Å². The minimum Gasteiger partial charge on any atom is -0.385 e. The molecule has 0 aromatic heterocycles. The van der Waals surface area contributed by atoms with Crippen molar-refractivity contribution in [1.82, 2.24) is 10.2 Å². The lowest BCUT2D eigenvalue weighted by molar-refractivity contribution is -0.137. The fraction of sp³-hybridized carbons (Fsp3) is 0.333. The minimum absolute atomic E-state index is 0.205. The molecule has 0 radical (unpaired) electrons. The van der Waals surface area contributed by atoms with Crippen molar-refractivity contribution in [3.8, 4) is 0 Å². The Balaban J connectivity index is 1.44. The van der Waals surface area contributed by atoms with Gasteiger partial charge in [0.15, 0.2) is 0 Å². The number of nitrogens with one attached hydrogen (secondary N) is 3. The van der Waals surface area contributed by atoms with E-state index in [1.165, 1.54) is 17.7 Å². The molecular weight excluding hydrogens is 535 g/mol. The second kappa shape index (κ2) is 14.0. The molecule has 11 heteroatoms. The van der Waals surface area contributed by atoms with Crippen LogP contribution in [0.5, 0.6) is 0 Å². The van der Waals surface area contributed by atoms with Crippen LogP contribution < -0.4 is 20.9 Å². The van der Waals surface area contributed by atoms with Crippen LogP contribution in [0.1, 0.15) is 27.9 Å². The van der Waals surface area contributed by atoms with Gasteiger partial charge in [-0.15, -0.1) is 0 Å². The van der Waals surface area contributed by atoms with Gasteiger partial charge in [-0.3, -0.25) is 9.69 Å². The maximum Gasteiger partial charge on any atom is 0.416 e. The number of methoxy groups -OCH3 is 1. The molecular formula is C30H34F3N5O3. The number of carbonyl (C=O) groups excluding carboxylic acids is 2. The summed E-state index contributed by atoms with van der Waals surface area (Å²) in [5.74, 6) is -0.269. The highest BCUT2D eigenvalue weighted by molar-refractivity contribution is 6.04. The van der Waals surface area contributed by atoms with Crippen molar-refractivity contribution in [3.63, 3.8) is 0 Å². The zero-order chi connectivity index (χ0) is 29.2. The summed E-state index contributed by atoms with van der Waals surface area (Å²) in [6, 6.07) is 18.9. The monoisotopic (exact) mass is 569 g/mol. The predicted molar refractivity (Wildman–Crippen MR) is 153 cm³/mol. The Morgan fingerprint density at radius 1 is 0.878 bits per heavy atom. The van der Waals surface area contributed by atoms with Gasteiger partial charge in [-0.1, -0.05) is 30.3 Å². The second-order valence-corrected chi connectivity index (χ2v) is 9.74. The number of hydrogen-bond acceptors (Lipinski definition) is 5. The molecule has 1 aliphatic rings. The second-order valence-electron chi connectivity index (χ2n) is 9.74. The molecule has 0 unspecified atom stereocenters. The molecule has 3 amide bonds. The standard InChI is InChI=1S/C30H34F3N5O3/c1-41-19-5-14-34-28(39)26-20-25(36-29(40)35-24-10-8-23(9-11-24)30(31,32)33)12-13-27(26)38-17-15-37(16-18-38)21-22-6-3-2-4-7-22/h2-4,6-13,20H,5,14-19,21H2,1H3,(H,34,39)(H2,35,36,40). The fourth-order valence-corrected chi connectivity index (χ4v) is 4.61. The van der Waals surface area contributed by atoms with Gasteiger partial charge in [0, 0.05) is 70.0 Å². The van der Waals surface area contributed by atoms with Gasteiger partial charge in [0.25, 0.3) is 5.91 Å². The molecule has 3 aromatic rings. The molecule has 0 saturated carbocycles. The Hall–Kier alpha value is -4.09. The molecule has 1 aliphatic heterocycles. The lowest BCUT2D eigenvalue weighted by Gasteiger charge is -2.37. The van der Waals surface area contributed by atoms with E-state index in [1.54, 1.807) is 19.2 Å². The molecule has 0 spiro atoms. The molecule has 0 bridgehead atoms. The molecule has 1 heterocycles. The number of ether oxygens (including phenoxy) is 1. The third-order valence-electron chi connectivity index (χ3n) is 6.74. The van der Waals surface area contributed by atoms with Gasteiger partial charge in [-0.05, 0) is 54.4 Å². The van der Waals surface area contributed by atoms with Crippen LogP contribution in [0.4, 0.5) is 35.0 Å². The summed E-state index contributed by atoms with van der Waals surface area (Å²) in [4.78, 5) is 30.3. The van der Waals surface area contributed by atoms with Crippen LogP contribution in [0.2, 0.25) is 0 Å². The van der Waals surface area contributed by atoms with Crippen LogP contribution in [0.3, 0.4) is 0 Å². The minimum atomic E-state index is -4.46. The van der Waals surface area contributed by atoms with Gasteiger partial charge < -0.3 is 25.6 Å². The molecule has 1 fully saturated rings. The summed E-state index contributed by atoms with van der Waals surface area (Å²) in [5.41, 5.74) is 2.22. The molecule has 3 N–H and O–H groups in total. The molecule has 218 valence electrons. The van der Waals surface area contributed by atoms with E-state index in [0.29, 0.717) is 30.8 Å². The SMILES string of the molecule is COCCCNC(=O)c1cc(NC(=O)Nc2ccc(C(F)(F)F)cc2)ccc1N1CCN(Cc2ccccc2)CC1. The number of hydrogen-bond donors (Lipinski definition) is 3. The van der Waals surface area contributed by atoms with Gasteiger partial charge in [-0.2, -0.15) is 13.2 Å². The summed E-state index contributed by atoms with van der Waals surface area (Å²) in [6.07, 6.45) is -3.80. The lowest BCUT2D eigenvalue weighted by atomic mass is 10.1. The summed E-state index contributed by atoms with van der Waals surface area (Å²) < 4.78 is 43.5. The Kier molecular flexibility index (Phi) is 10.2. The molecule has 4 rings (SSSR count). The third-order valence-corrected chi connectivity index (χ3v) is 6.74. The van der Waals surface area contributed by atoms with E-state index in [-0.39, 0.29) is 11.6 Å². The Morgan fingerprint density at radius 2 is 1.54 bits per heavy atom. The van der Waals surface area contributed by atoms with Crippen molar-refractivity contribution in [3.05, 3.63) is 89.5 Å². The number of urea groups is 1. The maximum atomic E-state index is 13.2. The van der Waals surface area contributed by atoms with Crippen molar-refractivity contribution in [2.24, 2.45) is 0 Å². The molecule has 0 atom stereocenters. The van der Waals surface area contributed by atoms with E-state index in [9.17, 15) is 22.8 Å². The highest BCUT2D eigenvalue weighted by Gasteiger charge is 2.30. The molecule has 41 heavy (non-hydrogen) atoms. The first-order valence-electron chi connectivity index (χ1n) is 13.4. The van der Waals surface area contributed by atoms with Crippen molar-refractivity contribution in [2.75, 3.05) is 62.0 Å². The molecule has 3 aromatic carbocycles. The van der Waals surface area contributed by atoms with Gasteiger partial charge in [0.05, 0.1) is 11.1 Å². The highest BCUT2D eigenvalue weighted by atomic mass is 19.4. The summed E-state index contributed by atoms with van der Waals surface area (Å²) in [7, 11) is 1.60. The van der Waals surface area contributed by atoms with E-state index in [2.05, 4.69) is 37.9 Å². The number of nitrogens with zero attached hydrogens (tertiary/aromatic N) is 2. The average Bonchev–Trinajstić information content (AvgIpc) is 2.96. The smallest absolute Gasteiger partial charge is 0.385 e. The number of benzene rings is 3. The predicted octanol–water partition coefficient (Wildman–Crippen LogP) is 5.44. The summed E-state index contributed by atoms with van der Waals surface area (Å²) >= 11 is 0. The van der Waals surface area contributed by atoms with Crippen molar-refractivity contribution in [1.29, 1.82) is 0 Å². The lowest BCUT2D eigenvalue weighted by Crippen LogP contribution is -2.46. The van der Waals surface area contributed by atoms with Crippen molar-refractivity contribution in [2.45, 2.75) is 19.1 Å².